The Labute approximate surface area is 162 Å². The van der Waals surface area contributed by atoms with Crippen LogP contribution in [0.2, 0.25) is 10.0 Å². The topological polar surface area (TPSA) is 119 Å². The highest BCUT2D eigenvalue weighted by Gasteiger charge is 2.31. The number of aromatic amines is 1. The van der Waals surface area contributed by atoms with Gasteiger partial charge in [0.15, 0.2) is 5.13 Å². The first-order valence-electron chi connectivity index (χ1n) is 7.74. The summed E-state index contributed by atoms with van der Waals surface area (Å²) in [5, 5.41) is 23.1. The third kappa shape index (κ3) is 3.66. The number of amides is 1. The largest absolute Gasteiger partial charge is 0.477 e. The van der Waals surface area contributed by atoms with Gasteiger partial charge in [0.05, 0.1) is 28.4 Å². The Morgan fingerprint density at radius 3 is 2.69 bits per heavy atom. The summed E-state index contributed by atoms with van der Waals surface area (Å²) in [5.74, 6) is -1.47. The number of aliphatic hydroxyl groups is 1. The molecule has 1 amide bonds. The van der Waals surface area contributed by atoms with Crippen molar-refractivity contribution in [2.75, 3.05) is 18.0 Å². The molecule has 1 fully saturated rings. The van der Waals surface area contributed by atoms with Crippen LogP contribution in [0.4, 0.5) is 5.13 Å². The number of aromatic carboxylic acids is 1. The van der Waals surface area contributed by atoms with E-state index in [1.807, 2.05) is 0 Å². The molecule has 26 heavy (non-hydrogen) atoms. The molecule has 1 aliphatic rings. The lowest BCUT2D eigenvalue weighted by molar-refractivity contribution is 0.0701. The van der Waals surface area contributed by atoms with Gasteiger partial charge in [0.1, 0.15) is 10.6 Å². The third-order valence-electron chi connectivity index (χ3n) is 4.15. The Kier molecular flexibility index (Phi) is 5.42. The average Bonchev–Trinajstić information content (AvgIpc) is 3.18. The number of β-amino-alcohol motifs (C(OH)–C–C–N with tert-alkyl or cyclic N) is 1. The van der Waals surface area contributed by atoms with Gasteiger partial charge in [-0.15, -0.1) is 0 Å². The molecule has 11 heteroatoms. The predicted octanol–water partition coefficient (Wildman–Crippen LogP) is 2.15. The lowest BCUT2D eigenvalue weighted by Gasteiger charge is -2.36. The number of carbonyl (C=O) groups excluding carboxylic acids is 1. The maximum Gasteiger partial charge on any atom is 0.347 e. The molecule has 1 aliphatic heterocycles. The number of carboxylic acids is 1. The molecule has 2 aromatic heterocycles. The molecule has 0 aromatic carbocycles. The zero-order chi connectivity index (χ0) is 19.0. The summed E-state index contributed by atoms with van der Waals surface area (Å²) in [6.07, 6.45) is 0.928. The number of carboxylic acid groups (broad SMARTS) is 1. The van der Waals surface area contributed by atoms with E-state index >= 15 is 0 Å². The van der Waals surface area contributed by atoms with E-state index in [4.69, 9.17) is 28.3 Å². The highest BCUT2D eigenvalue weighted by Crippen LogP contribution is 2.30. The van der Waals surface area contributed by atoms with Crippen LogP contribution in [0.15, 0.2) is 6.20 Å². The van der Waals surface area contributed by atoms with E-state index in [1.54, 1.807) is 11.8 Å². The quantitative estimate of drug-likeness (QED) is 0.603. The number of thiazole rings is 1. The number of piperidine rings is 1. The molecule has 0 aliphatic carbocycles. The van der Waals surface area contributed by atoms with Crippen LogP contribution in [0.1, 0.15) is 32.3 Å². The molecule has 0 radical (unpaired) electrons. The molecule has 0 bridgehead atoms. The summed E-state index contributed by atoms with van der Waals surface area (Å²) >= 11 is 13.1. The fourth-order valence-electron chi connectivity index (χ4n) is 2.75. The molecule has 0 saturated carbocycles. The smallest absolute Gasteiger partial charge is 0.347 e. The van der Waals surface area contributed by atoms with E-state index in [-0.39, 0.29) is 22.1 Å². The number of aryl methyl sites for hydroxylation is 1. The van der Waals surface area contributed by atoms with Gasteiger partial charge in [-0.1, -0.05) is 34.5 Å². The maximum atomic E-state index is 12.4. The Balaban J connectivity index is 1.64. The number of hydrogen-bond acceptors (Lipinski definition) is 6. The Morgan fingerprint density at radius 2 is 2.15 bits per heavy atom. The average molecular weight is 419 g/mol. The van der Waals surface area contributed by atoms with Crippen LogP contribution < -0.4 is 10.2 Å². The molecule has 140 valence electrons. The van der Waals surface area contributed by atoms with Crippen LogP contribution in [0, 0.1) is 6.92 Å². The van der Waals surface area contributed by atoms with Gasteiger partial charge < -0.3 is 25.4 Å². The van der Waals surface area contributed by atoms with Gasteiger partial charge in [0, 0.05) is 18.8 Å². The van der Waals surface area contributed by atoms with Gasteiger partial charge >= 0.3 is 5.97 Å². The number of rotatable bonds is 4. The first-order chi connectivity index (χ1) is 12.3. The second-order valence-electron chi connectivity index (χ2n) is 5.95. The van der Waals surface area contributed by atoms with Crippen molar-refractivity contribution in [2.45, 2.75) is 25.5 Å². The molecular weight excluding hydrogens is 403 g/mol. The maximum absolute atomic E-state index is 12.4. The second kappa shape index (κ2) is 7.43. The van der Waals surface area contributed by atoms with Crippen molar-refractivity contribution in [1.29, 1.82) is 0 Å². The SMILES string of the molecule is Cc1[nH]c(C(=O)N[C@@H]2CCN(c3ncc(C(=O)O)s3)C[C@@H]2O)c(Cl)c1Cl. The lowest BCUT2D eigenvalue weighted by atomic mass is 10.0. The van der Waals surface area contributed by atoms with Crippen molar-refractivity contribution in [1.82, 2.24) is 15.3 Å². The van der Waals surface area contributed by atoms with Crippen LogP contribution in [0.25, 0.3) is 0 Å². The zero-order valence-corrected chi connectivity index (χ0v) is 16.0. The molecule has 2 atom stereocenters. The van der Waals surface area contributed by atoms with Crippen molar-refractivity contribution in [3.63, 3.8) is 0 Å². The molecule has 0 unspecified atom stereocenters. The Hall–Kier alpha value is -1.81. The standard InChI is InChI=1S/C15H16Cl2N4O4S/c1-6-10(16)11(17)12(19-6)13(23)20-7-2-3-21(5-8(7)22)15-18-4-9(26-15)14(24)25/h4,7-8,19,22H,2-3,5H2,1H3,(H,20,23)(H,24,25)/t7-,8+/m1/s1. The normalized spacial score (nSPS) is 20.2. The number of nitrogens with zero attached hydrogens (tertiary/aromatic N) is 2. The molecule has 1 saturated heterocycles. The van der Waals surface area contributed by atoms with E-state index < -0.39 is 24.0 Å². The summed E-state index contributed by atoms with van der Waals surface area (Å²) < 4.78 is 0. The minimum Gasteiger partial charge on any atom is -0.477 e. The number of aromatic nitrogens is 2. The number of halogens is 2. The predicted molar refractivity (Wildman–Crippen MR) is 98.7 cm³/mol. The van der Waals surface area contributed by atoms with Gasteiger partial charge in [0.25, 0.3) is 5.91 Å². The highest BCUT2D eigenvalue weighted by atomic mass is 35.5. The number of hydrogen-bond donors (Lipinski definition) is 4. The molecule has 8 nitrogen and oxygen atoms in total. The summed E-state index contributed by atoms with van der Waals surface area (Å²) in [5.41, 5.74) is 0.755. The van der Waals surface area contributed by atoms with Crippen LogP contribution in [-0.2, 0) is 0 Å². The van der Waals surface area contributed by atoms with E-state index in [1.165, 1.54) is 6.20 Å². The number of carbonyl (C=O) groups is 2. The lowest BCUT2D eigenvalue weighted by Crippen LogP contribution is -2.54. The second-order valence-corrected chi connectivity index (χ2v) is 7.71. The van der Waals surface area contributed by atoms with Gasteiger partial charge in [-0.3, -0.25) is 4.79 Å². The van der Waals surface area contributed by atoms with Crippen molar-refractivity contribution in [3.8, 4) is 0 Å². The van der Waals surface area contributed by atoms with Crippen molar-refractivity contribution < 1.29 is 19.8 Å². The van der Waals surface area contributed by atoms with Crippen molar-refractivity contribution >= 4 is 51.5 Å². The van der Waals surface area contributed by atoms with Crippen LogP contribution >= 0.6 is 34.5 Å². The molecule has 2 aromatic rings. The fraction of sp³-hybridized carbons (Fsp3) is 0.400. The minimum atomic E-state index is -1.03. The van der Waals surface area contributed by atoms with E-state index in [0.29, 0.717) is 28.8 Å². The van der Waals surface area contributed by atoms with Gasteiger partial charge in [-0.05, 0) is 13.3 Å². The third-order valence-corrected chi connectivity index (χ3v) is 6.15. The Morgan fingerprint density at radius 1 is 1.42 bits per heavy atom. The fourth-order valence-corrected chi connectivity index (χ4v) is 3.96. The van der Waals surface area contributed by atoms with Gasteiger partial charge in [-0.25, -0.2) is 9.78 Å². The number of nitrogens with one attached hydrogen (secondary N) is 2. The summed E-state index contributed by atoms with van der Waals surface area (Å²) in [6, 6.07) is -0.462. The van der Waals surface area contributed by atoms with E-state index in [2.05, 4.69) is 15.3 Å². The summed E-state index contributed by atoms with van der Waals surface area (Å²) in [7, 11) is 0. The van der Waals surface area contributed by atoms with Crippen molar-refractivity contribution in [2.24, 2.45) is 0 Å². The number of H-pyrrole nitrogens is 1. The summed E-state index contributed by atoms with van der Waals surface area (Å²) in [4.78, 5) is 32.2. The first-order valence-corrected chi connectivity index (χ1v) is 9.31. The summed E-state index contributed by atoms with van der Waals surface area (Å²) in [6.45, 7) is 2.46. The Bertz CT molecular complexity index is 853. The van der Waals surface area contributed by atoms with Gasteiger partial charge in [-0.2, -0.15) is 0 Å². The van der Waals surface area contributed by atoms with E-state index in [9.17, 15) is 14.7 Å². The molecule has 3 rings (SSSR count). The van der Waals surface area contributed by atoms with Crippen molar-refractivity contribution in [3.05, 3.63) is 32.5 Å². The van der Waals surface area contributed by atoms with Crippen LogP contribution in [0.3, 0.4) is 0 Å². The molecule has 3 heterocycles. The highest BCUT2D eigenvalue weighted by molar-refractivity contribution is 7.17. The molecule has 0 spiro atoms. The number of anilines is 1. The van der Waals surface area contributed by atoms with Crippen LogP contribution in [0.5, 0.6) is 0 Å². The zero-order valence-electron chi connectivity index (χ0n) is 13.6. The monoisotopic (exact) mass is 418 g/mol. The first kappa shape index (κ1) is 19.0. The van der Waals surface area contributed by atoms with Gasteiger partial charge in [0.2, 0.25) is 0 Å². The van der Waals surface area contributed by atoms with E-state index in [0.717, 1.165) is 11.3 Å². The molecule has 4 N–H and O–H groups in total. The number of aliphatic hydroxyl groups excluding tert-OH is 1. The van der Waals surface area contributed by atoms with Crippen LogP contribution in [-0.4, -0.2) is 57.3 Å². The minimum absolute atomic E-state index is 0.138. The molecular formula is C15H16Cl2N4O4S.